The molecule has 1 aromatic carbocycles. The molecule has 1 aliphatic rings. The molecule has 1 aliphatic heterocycles. The Kier molecular flexibility index (Phi) is 4.80. The molecule has 2 aromatic rings. The molecular weight excluding hydrogens is 352 g/mol. The molecular formula is C19H23ClN4O2. The predicted octanol–water partition coefficient (Wildman–Crippen LogP) is 3.08. The van der Waals surface area contributed by atoms with Crippen LogP contribution in [-0.2, 0) is 17.9 Å². The number of amides is 2. The van der Waals surface area contributed by atoms with Crippen molar-refractivity contribution in [1.29, 1.82) is 0 Å². The number of hydrogen-bond acceptors (Lipinski definition) is 3. The molecule has 2 N–H and O–H groups in total. The van der Waals surface area contributed by atoms with Crippen LogP contribution in [0.4, 0.5) is 0 Å². The molecule has 0 spiro atoms. The van der Waals surface area contributed by atoms with Crippen LogP contribution in [0.15, 0.2) is 24.3 Å². The van der Waals surface area contributed by atoms with Crippen LogP contribution in [0.2, 0.25) is 5.02 Å². The maximum Gasteiger partial charge on any atom is 0.252 e. The van der Waals surface area contributed by atoms with E-state index in [1.165, 1.54) is 0 Å². The standard InChI is InChI=1S/C19H23ClN4O2/c1-19(2,3)10-15(25)23-7-8-24-14(11-23)16(18(21)26)17(22-24)12-5-4-6-13(20)9-12/h4-6,9H,7-8,10-11H2,1-3H3,(H2,21,26). The largest absolute Gasteiger partial charge is 0.365 e. The third-order valence-electron chi connectivity index (χ3n) is 4.36. The average molecular weight is 375 g/mol. The van der Waals surface area contributed by atoms with Gasteiger partial charge in [-0.1, -0.05) is 44.5 Å². The van der Waals surface area contributed by atoms with Crippen molar-refractivity contribution in [2.75, 3.05) is 6.54 Å². The highest BCUT2D eigenvalue weighted by molar-refractivity contribution is 6.30. The summed E-state index contributed by atoms with van der Waals surface area (Å²) in [5.41, 5.74) is 7.86. The zero-order valence-electron chi connectivity index (χ0n) is 15.3. The van der Waals surface area contributed by atoms with Gasteiger partial charge >= 0.3 is 0 Å². The van der Waals surface area contributed by atoms with Crippen LogP contribution in [-0.4, -0.2) is 33.0 Å². The minimum Gasteiger partial charge on any atom is -0.365 e. The summed E-state index contributed by atoms with van der Waals surface area (Å²) in [5.74, 6) is -0.476. The molecule has 0 fully saturated rings. The van der Waals surface area contributed by atoms with Crippen LogP contribution in [0.25, 0.3) is 11.3 Å². The number of rotatable bonds is 3. The highest BCUT2D eigenvalue weighted by Crippen LogP contribution is 2.30. The molecule has 2 heterocycles. The fourth-order valence-electron chi connectivity index (χ4n) is 3.19. The summed E-state index contributed by atoms with van der Waals surface area (Å²) in [6, 6.07) is 7.16. The predicted molar refractivity (Wildman–Crippen MR) is 101 cm³/mol. The van der Waals surface area contributed by atoms with Crippen molar-refractivity contribution in [3.05, 3.63) is 40.5 Å². The van der Waals surface area contributed by atoms with E-state index >= 15 is 0 Å². The van der Waals surface area contributed by atoms with Gasteiger partial charge in [-0.15, -0.1) is 0 Å². The molecule has 0 unspecified atom stereocenters. The Bertz CT molecular complexity index is 867. The fraction of sp³-hybridized carbons (Fsp3) is 0.421. The van der Waals surface area contributed by atoms with Crippen molar-refractivity contribution < 1.29 is 9.59 Å². The molecule has 0 bridgehead atoms. The summed E-state index contributed by atoms with van der Waals surface area (Å²) in [4.78, 5) is 26.5. The first-order valence-corrected chi connectivity index (χ1v) is 8.97. The Morgan fingerprint density at radius 2 is 2.00 bits per heavy atom. The summed E-state index contributed by atoms with van der Waals surface area (Å²) in [6.45, 7) is 7.53. The van der Waals surface area contributed by atoms with Crippen LogP contribution in [0.5, 0.6) is 0 Å². The maximum atomic E-state index is 12.6. The highest BCUT2D eigenvalue weighted by atomic mass is 35.5. The van der Waals surface area contributed by atoms with E-state index in [1.807, 2.05) is 26.8 Å². The first-order valence-electron chi connectivity index (χ1n) is 8.59. The third kappa shape index (κ3) is 3.75. The van der Waals surface area contributed by atoms with Gasteiger partial charge in [0, 0.05) is 23.6 Å². The van der Waals surface area contributed by atoms with Crippen molar-refractivity contribution in [2.45, 2.75) is 40.3 Å². The number of aromatic nitrogens is 2. The number of carbonyl (C=O) groups is 2. The van der Waals surface area contributed by atoms with Crippen molar-refractivity contribution in [3.8, 4) is 11.3 Å². The summed E-state index contributed by atoms with van der Waals surface area (Å²) in [7, 11) is 0. The van der Waals surface area contributed by atoms with Crippen LogP contribution < -0.4 is 5.73 Å². The van der Waals surface area contributed by atoms with Gasteiger partial charge in [0.25, 0.3) is 5.91 Å². The van der Waals surface area contributed by atoms with Gasteiger partial charge in [0.15, 0.2) is 0 Å². The Hall–Kier alpha value is -2.34. The minimum absolute atomic E-state index is 0.0738. The van der Waals surface area contributed by atoms with Crippen molar-refractivity contribution in [1.82, 2.24) is 14.7 Å². The van der Waals surface area contributed by atoms with Crippen LogP contribution in [0, 0.1) is 5.41 Å². The third-order valence-corrected chi connectivity index (χ3v) is 4.59. The van der Waals surface area contributed by atoms with E-state index in [-0.39, 0.29) is 11.3 Å². The first kappa shape index (κ1) is 18.5. The van der Waals surface area contributed by atoms with Gasteiger partial charge in [-0.25, -0.2) is 0 Å². The molecule has 138 valence electrons. The molecule has 26 heavy (non-hydrogen) atoms. The number of hydrogen-bond donors (Lipinski definition) is 1. The van der Waals surface area contributed by atoms with E-state index < -0.39 is 5.91 Å². The molecule has 0 saturated carbocycles. The topological polar surface area (TPSA) is 81.2 Å². The van der Waals surface area contributed by atoms with Crippen molar-refractivity contribution in [2.24, 2.45) is 11.1 Å². The van der Waals surface area contributed by atoms with Crippen LogP contribution >= 0.6 is 11.6 Å². The summed E-state index contributed by atoms with van der Waals surface area (Å²) >= 11 is 6.08. The zero-order chi connectivity index (χ0) is 19.1. The molecule has 0 aliphatic carbocycles. The lowest BCUT2D eigenvalue weighted by molar-refractivity contribution is -0.134. The monoisotopic (exact) mass is 374 g/mol. The summed E-state index contributed by atoms with van der Waals surface area (Å²) in [5, 5.41) is 5.13. The van der Waals surface area contributed by atoms with Crippen LogP contribution in [0.3, 0.4) is 0 Å². The Morgan fingerprint density at radius 3 is 2.62 bits per heavy atom. The number of nitrogens with two attached hydrogens (primary N) is 1. The lowest BCUT2D eigenvalue weighted by Gasteiger charge is -2.30. The molecule has 2 amide bonds. The van der Waals surface area contributed by atoms with Gasteiger partial charge in [-0.3, -0.25) is 14.3 Å². The van der Waals surface area contributed by atoms with Gasteiger partial charge in [0.1, 0.15) is 5.69 Å². The molecule has 0 atom stereocenters. The smallest absolute Gasteiger partial charge is 0.252 e. The van der Waals surface area contributed by atoms with Gasteiger partial charge in [-0.2, -0.15) is 5.10 Å². The Labute approximate surface area is 157 Å². The zero-order valence-corrected chi connectivity index (χ0v) is 16.0. The number of nitrogens with zero attached hydrogens (tertiary/aromatic N) is 3. The quantitative estimate of drug-likeness (QED) is 0.896. The fourth-order valence-corrected chi connectivity index (χ4v) is 3.38. The van der Waals surface area contributed by atoms with E-state index in [1.54, 1.807) is 27.8 Å². The average Bonchev–Trinajstić information content (AvgIpc) is 2.91. The molecule has 6 nitrogen and oxygen atoms in total. The number of halogens is 1. The molecule has 1 aromatic heterocycles. The summed E-state index contributed by atoms with van der Waals surface area (Å²) in [6.07, 6.45) is 0.453. The van der Waals surface area contributed by atoms with Crippen molar-refractivity contribution >= 4 is 23.4 Å². The lowest BCUT2D eigenvalue weighted by Crippen LogP contribution is -2.40. The maximum absolute atomic E-state index is 12.6. The van der Waals surface area contributed by atoms with E-state index in [2.05, 4.69) is 5.10 Å². The van der Waals surface area contributed by atoms with Gasteiger partial charge in [-0.05, 0) is 17.5 Å². The minimum atomic E-state index is -0.550. The normalized spacial score (nSPS) is 14.2. The number of carbonyl (C=O) groups excluding carboxylic acids is 2. The lowest BCUT2D eigenvalue weighted by atomic mass is 9.91. The van der Waals surface area contributed by atoms with E-state index in [0.717, 1.165) is 5.56 Å². The van der Waals surface area contributed by atoms with Crippen molar-refractivity contribution in [3.63, 3.8) is 0 Å². The number of fused-ring (bicyclic) bond motifs is 1. The molecule has 0 saturated heterocycles. The van der Waals surface area contributed by atoms with E-state index in [9.17, 15) is 9.59 Å². The second-order valence-electron chi connectivity index (χ2n) is 7.82. The molecule has 3 rings (SSSR count). The highest BCUT2D eigenvalue weighted by Gasteiger charge is 2.30. The Morgan fingerprint density at radius 1 is 1.27 bits per heavy atom. The molecule has 0 radical (unpaired) electrons. The van der Waals surface area contributed by atoms with Gasteiger partial charge in [0.2, 0.25) is 5.91 Å². The van der Waals surface area contributed by atoms with E-state index in [0.29, 0.717) is 48.0 Å². The number of primary amides is 1. The van der Waals surface area contributed by atoms with Crippen LogP contribution in [0.1, 0.15) is 43.2 Å². The van der Waals surface area contributed by atoms with E-state index in [4.69, 9.17) is 17.3 Å². The Balaban J connectivity index is 1.98. The number of benzene rings is 1. The second kappa shape index (κ2) is 6.76. The molecule has 7 heteroatoms. The summed E-state index contributed by atoms with van der Waals surface area (Å²) < 4.78 is 1.78. The van der Waals surface area contributed by atoms with Gasteiger partial charge in [0.05, 0.1) is 24.3 Å². The first-order chi connectivity index (χ1) is 12.2. The van der Waals surface area contributed by atoms with Gasteiger partial charge < -0.3 is 10.6 Å². The SMILES string of the molecule is CC(C)(C)CC(=O)N1CCn2nc(-c3cccc(Cl)c3)c(C(N)=O)c2C1. The second-order valence-corrected chi connectivity index (χ2v) is 8.26.